The van der Waals surface area contributed by atoms with Crippen LogP contribution in [0.2, 0.25) is 0 Å². The number of nitrogens with zero attached hydrogens (tertiary/aromatic N) is 1. The molecule has 2 atom stereocenters. The van der Waals surface area contributed by atoms with E-state index in [1.54, 1.807) is 12.1 Å². The Bertz CT molecular complexity index is 2010. The Hall–Kier alpha value is -5.49. The number of hydrogen-bond acceptors (Lipinski definition) is 8. The fraction of sp³-hybridized carbons (Fsp3) is 0.275. The number of phenols is 1. The fourth-order valence-corrected chi connectivity index (χ4v) is 6.41. The number of pyridine rings is 1. The van der Waals surface area contributed by atoms with E-state index in [4.69, 9.17) is 4.74 Å². The summed E-state index contributed by atoms with van der Waals surface area (Å²) in [6.45, 7) is 4.32. The number of nitrogens with one attached hydrogen (secondary N) is 4. The summed E-state index contributed by atoms with van der Waals surface area (Å²) in [5.74, 6) is -0.128. The van der Waals surface area contributed by atoms with Crippen LogP contribution in [0.5, 0.6) is 5.75 Å². The van der Waals surface area contributed by atoms with Gasteiger partial charge in [0.05, 0.1) is 17.3 Å². The fourth-order valence-electron chi connectivity index (χ4n) is 6.41. The topological polar surface area (TPSA) is 156 Å². The molecule has 0 spiro atoms. The van der Waals surface area contributed by atoms with Gasteiger partial charge in [-0.1, -0.05) is 66.7 Å². The van der Waals surface area contributed by atoms with Gasteiger partial charge < -0.3 is 35.5 Å². The Balaban J connectivity index is 0.903. The maximum Gasteiger partial charge on any atom is 0.411 e. The standard InChI is InChI=1S/C40H43N5O6/c1-26(41-25-36(47)32-15-17-35(46)39-33(32)16-18-37(48)44-39)27-11-13-29(14-12-27)42-38(49)21-24-45-22-19-30(20-23-45)51-40(50)43-34-10-6-5-9-31(34)28-7-3-2-4-8-28/h2-18,26,30,36,41,46-47H,19-25H2,1H3,(H,42,49)(H,43,50)(H,44,48)/t26-,36?/m0/s1. The number of H-pyrrole nitrogens is 1. The first-order chi connectivity index (χ1) is 24.7. The lowest BCUT2D eigenvalue weighted by atomic mass is 10.0. The van der Waals surface area contributed by atoms with Crippen molar-refractivity contribution < 1.29 is 24.5 Å². The van der Waals surface area contributed by atoms with E-state index in [0.717, 1.165) is 29.8 Å². The number of aliphatic hydroxyl groups is 1. The second-order valence-electron chi connectivity index (χ2n) is 12.8. The van der Waals surface area contributed by atoms with E-state index in [1.165, 1.54) is 12.1 Å². The molecule has 1 unspecified atom stereocenters. The molecule has 5 aromatic rings. The van der Waals surface area contributed by atoms with E-state index in [9.17, 15) is 24.6 Å². The largest absolute Gasteiger partial charge is 0.506 e. The number of carbonyl (C=O) groups is 2. The van der Waals surface area contributed by atoms with Gasteiger partial charge in [-0.25, -0.2) is 4.79 Å². The number of hydrogen-bond donors (Lipinski definition) is 6. The Morgan fingerprint density at radius 2 is 1.63 bits per heavy atom. The van der Waals surface area contributed by atoms with Gasteiger partial charge in [0.2, 0.25) is 11.5 Å². The van der Waals surface area contributed by atoms with Crippen LogP contribution in [-0.4, -0.2) is 64.4 Å². The van der Waals surface area contributed by atoms with Crippen molar-refractivity contribution in [2.45, 2.75) is 44.4 Å². The zero-order chi connectivity index (χ0) is 35.7. The summed E-state index contributed by atoms with van der Waals surface area (Å²) in [6.07, 6.45) is 0.231. The number of aliphatic hydroxyl groups excluding tert-OH is 1. The molecular weight excluding hydrogens is 646 g/mol. The number of amides is 2. The molecule has 4 aromatic carbocycles. The van der Waals surface area contributed by atoms with Gasteiger partial charge in [-0.2, -0.15) is 0 Å². The number of aromatic nitrogens is 1. The number of piperidine rings is 1. The summed E-state index contributed by atoms with van der Waals surface area (Å²) < 4.78 is 5.74. The molecule has 0 saturated carbocycles. The first-order valence-electron chi connectivity index (χ1n) is 17.2. The van der Waals surface area contributed by atoms with E-state index in [0.29, 0.717) is 53.6 Å². The molecule has 2 heterocycles. The summed E-state index contributed by atoms with van der Waals surface area (Å²) in [4.78, 5) is 42.0. The summed E-state index contributed by atoms with van der Waals surface area (Å²) >= 11 is 0. The monoisotopic (exact) mass is 689 g/mol. The highest BCUT2D eigenvalue weighted by molar-refractivity contribution is 5.92. The predicted octanol–water partition coefficient (Wildman–Crippen LogP) is 6.33. The van der Waals surface area contributed by atoms with Crippen LogP contribution < -0.4 is 21.5 Å². The molecule has 6 rings (SSSR count). The third kappa shape index (κ3) is 9.20. The zero-order valence-electron chi connectivity index (χ0n) is 28.5. The van der Waals surface area contributed by atoms with Gasteiger partial charge in [0.25, 0.3) is 0 Å². The van der Waals surface area contributed by atoms with Crippen molar-refractivity contribution in [2.24, 2.45) is 0 Å². The molecule has 0 bridgehead atoms. The van der Waals surface area contributed by atoms with Gasteiger partial charge >= 0.3 is 6.09 Å². The molecular formula is C40H43N5O6. The van der Waals surface area contributed by atoms with E-state index >= 15 is 0 Å². The second kappa shape index (κ2) is 16.5. The highest BCUT2D eigenvalue weighted by atomic mass is 16.6. The van der Waals surface area contributed by atoms with Crippen LogP contribution in [0.15, 0.2) is 108 Å². The molecule has 11 heteroatoms. The van der Waals surface area contributed by atoms with Crippen LogP contribution in [-0.2, 0) is 9.53 Å². The number of rotatable bonds is 12. The lowest BCUT2D eigenvalue weighted by Gasteiger charge is -2.31. The number of likely N-dealkylation sites (tertiary alicyclic amines) is 1. The number of carbonyl (C=O) groups excluding carboxylic acids is 2. The maximum atomic E-state index is 12.7. The average Bonchev–Trinajstić information content (AvgIpc) is 3.14. The quantitative estimate of drug-likeness (QED) is 0.0889. The molecule has 2 amide bonds. The summed E-state index contributed by atoms with van der Waals surface area (Å²) in [5.41, 5.74) is 4.90. The molecule has 1 aliphatic rings. The molecule has 1 aromatic heterocycles. The highest BCUT2D eigenvalue weighted by Gasteiger charge is 2.23. The van der Waals surface area contributed by atoms with Crippen molar-refractivity contribution in [3.05, 3.63) is 125 Å². The van der Waals surface area contributed by atoms with Gasteiger partial charge in [-0.3, -0.25) is 14.9 Å². The number of anilines is 2. The summed E-state index contributed by atoms with van der Waals surface area (Å²) in [6, 6.07) is 31.1. The van der Waals surface area contributed by atoms with E-state index in [2.05, 4.69) is 25.8 Å². The average molecular weight is 690 g/mol. The smallest absolute Gasteiger partial charge is 0.411 e. The van der Waals surface area contributed by atoms with Crippen molar-refractivity contribution in [1.82, 2.24) is 15.2 Å². The van der Waals surface area contributed by atoms with Crippen molar-refractivity contribution in [3.63, 3.8) is 0 Å². The minimum Gasteiger partial charge on any atom is -0.506 e. The van der Waals surface area contributed by atoms with Crippen LogP contribution in [0.25, 0.3) is 22.0 Å². The third-order valence-corrected chi connectivity index (χ3v) is 9.29. The molecule has 6 N–H and O–H groups in total. The minimum absolute atomic E-state index is 0.0532. The van der Waals surface area contributed by atoms with Crippen LogP contribution in [0.3, 0.4) is 0 Å². The number of benzene rings is 4. The van der Waals surface area contributed by atoms with Crippen LogP contribution in [0, 0.1) is 0 Å². The molecule has 11 nitrogen and oxygen atoms in total. The van der Waals surface area contributed by atoms with Gasteiger partial charge in [0.15, 0.2) is 0 Å². The number of aromatic hydroxyl groups is 1. The Labute approximate surface area is 296 Å². The number of aromatic amines is 1. The van der Waals surface area contributed by atoms with E-state index in [-0.39, 0.29) is 35.9 Å². The van der Waals surface area contributed by atoms with Crippen molar-refractivity contribution in [3.8, 4) is 16.9 Å². The molecule has 264 valence electrons. The SMILES string of the molecule is C[C@H](NCC(O)c1ccc(O)c2[nH]c(=O)ccc12)c1ccc(NC(=O)CCN2CCC(OC(=O)Nc3ccccc3-c3ccccc3)CC2)cc1. The predicted molar refractivity (Wildman–Crippen MR) is 199 cm³/mol. The number of fused-ring (bicyclic) bond motifs is 1. The molecule has 1 saturated heterocycles. The third-order valence-electron chi connectivity index (χ3n) is 9.29. The van der Waals surface area contributed by atoms with Crippen LogP contribution in [0.4, 0.5) is 16.2 Å². The van der Waals surface area contributed by atoms with E-state index < -0.39 is 12.2 Å². The zero-order valence-corrected chi connectivity index (χ0v) is 28.5. The number of para-hydroxylation sites is 1. The highest BCUT2D eigenvalue weighted by Crippen LogP contribution is 2.30. The van der Waals surface area contributed by atoms with Gasteiger partial charge in [0, 0.05) is 61.3 Å². The van der Waals surface area contributed by atoms with Crippen LogP contribution in [0.1, 0.15) is 49.5 Å². The normalized spacial score (nSPS) is 14.9. The summed E-state index contributed by atoms with van der Waals surface area (Å²) in [5, 5.41) is 30.8. The minimum atomic E-state index is -0.869. The van der Waals surface area contributed by atoms with Crippen molar-refractivity contribution in [1.29, 1.82) is 0 Å². The molecule has 1 aliphatic heterocycles. The Morgan fingerprint density at radius 1 is 0.902 bits per heavy atom. The number of phenolic OH excluding ortho intramolecular Hbond substituents is 1. The molecule has 0 aliphatic carbocycles. The second-order valence-corrected chi connectivity index (χ2v) is 12.8. The lowest BCUT2D eigenvalue weighted by Crippen LogP contribution is -2.39. The van der Waals surface area contributed by atoms with Crippen molar-refractivity contribution >= 4 is 34.3 Å². The van der Waals surface area contributed by atoms with Gasteiger partial charge in [-0.15, -0.1) is 0 Å². The summed E-state index contributed by atoms with van der Waals surface area (Å²) in [7, 11) is 0. The maximum absolute atomic E-state index is 12.7. The Morgan fingerprint density at radius 3 is 2.39 bits per heavy atom. The van der Waals surface area contributed by atoms with E-state index in [1.807, 2.05) is 85.8 Å². The number of ether oxygens (including phenoxy) is 1. The molecule has 0 radical (unpaired) electrons. The lowest BCUT2D eigenvalue weighted by molar-refractivity contribution is -0.116. The first-order valence-corrected chi connectivity index (χ1v) is 17.2. The van der Waals surface area contributed by atoms with Crippen molar-refractivity contribution in [2.75, 3.05) is 36.8 Å². The first kappa shape index (κ1) is 35.3. The van der Waals surface area contributed by atoms with Gasteiger partial charge in [0.1, 0.15) is 11.9 Å². The molecule has 51 heavy (non-hydrogen) atoms. The Kier molecular flexibility index (Phi) is 11.4. The van der Waals surface area contributed by atoms with Gasteiger partial charge in [-0.05, 0) is 66.8 Å². The van der Waals surface area contributed by atoms with Crippen LogP contribution >= 0.6 is 0 Å². The molecule has 1 fully saturated rings.